The second-order valence-electron chi connectivity index (χ2n) is 6.40. The van der Waals surface area contributed by atoms with E-state index in [4.69, 9.17) is 0 Å². The van der Waals surface area contributed by atoms with E-state index in [-0.39, 0.29) is 15.5 Å². The minimum Gasteiger partial charge on any atom is -0.200 e. The highest BCUT2D eigenvalue weighted by atomic mass is 79.9. The average Bonchev–Trinajstić information content (AvgIpc) is 3.14. The van der Waals surface area contributed by atoms with E-state index in [2.05, 4.69) is 15.9 Å². The number of benzene rings is 3. The lowest BCUT2D eigenvalue weighted by atomic mass is 10.1. The Labute approximate surface area is 178 Å². The van der Waals surface area contributed by atoms with Crippen LogP contribution in [-0.4, -0.2) is 20.5 Å². The lowest BCUT2D eigenvalue weighted by Gasteiger charge is -2.26. The molecule has 1 aliphatic rings. The molecular weight excluding hydrogens is 474 g/mol. The van der Waals surface area contributed by atoms with Crippen LogP contribution >= 0.6 is 15.9 Å². The van der Waals surface area contributed by atoms with E-state index in [1.54, 1.807) is 48.5 Å². The fraction of sp³-hybridized carbons (Fsp3) is 0.0476. The molecule has 0 N–H and O–H groups in total. The van der Waals surface area contributed by atoms with Crippen LogP contribution in [0.25, 0.3) is 5.70 Å². The third-order valence-electron chi connectivity index (χ3n) is 4.59. The number of halogens is 1. The van der Waals surface area contributed by atoms with Crippen LogP contribution in [0.5, 0.6) is 0 Å². The van der Waals surface area contributed by atoms with Crippen LogP contribution in [0, 0.1) is 0 Å². The normalized spacial score (nSPS) is 13.6. The van der Waals surface area contributed by atoms with E-state index < -0.39 is 20.0 Å². The predicted octanol–water partition coefficient (Wildman–Crippen LogP) is 4.43. The van der Waals surface area contributed by atoms with Crippen molar-refractivity contribution in [2.75, 3.05) is 0 Å². The zero-order valence-electron chi connectivity index (χ0n) is 15.1. The largest absolute Gasteiger partial charge is 0.277 e. The average molecular weight is 490 g/mol. The molecule has 0 bridgehead atoms. The molecule has 0 saturated carbocycles. The Balaban J connectivity index is 1.99. The van der Waals surface area contributed by atoms with Gasteiger partial charge in [-0.25, -0.2) is 16.8 Å². The molecule has 0 fully saturated rings. The summed E-state index contributed by atoms with van der Waals surface area (Å²) in [7, 11) is -8.79. The van der Waals surface area contributed by atoms with Crippen LogP contribution in [0.15, 0.2) is 99.2 Å². The van der Waals surface area contributed by atoms with Crippen LogP contribution in [0.3, 0.4) is 0 Å². The van der Waals surface area contributed by atoms with Gasteiger partial charge in [-0.2, -0.15) is 3.71 Å². The standard InChI is InChI=1S/C21H16BrNO4S2/c22-19-13-7-8-16-14-15-20(21(16)19)23(28(24,25)17-9-3-1-4-10-17)29(26,27)18-11-5-2-6-12-18/h1-13,15H,14H2. The fourth-order valence-electron chi connectivity index (χ4n) is 3.26. The fourth-order valence-corrected chi connectivity index (χ4v) is 7.66. The quantitative estimate of drug-likeness (QED) is 0.531. The van der Waals surface area contributed by atoms with E-state index >= 15 is 0 Å². The molecule has 0 unspecified atom stereocenters. The summed E-state index contributed by atoms with van der Waals surface area (Å²) in [4.78, 5) is -0.193. The first-order valence-electron chi connectivity index (χ1n) is 8.72. The maximum absolute atomic E-state index is 13.6. The summed E-state index contributed by atoms with van der Waals surface area (Å²) >= 11 is 3.44. The zero-order chi connectivity index (χ0) is 20.6. The molecule has 0 saturated heterocycles. The van der Waals surface area contributed by atoms with Crippen molar-refractivity contribution in [3.05, 3.63) is 101 Å². The molecule has 8 heteroatoms. The Morgan fingerprint density at radius 3 is 1.72 bits per heavy atom. The van der Waals surface area contributed by atoms with Crippen molar-refractivity contribution >= 4 is 41.7 Å². The van der Waals surface area contributed by atoms with Crippen LogP contribution in [0.2, 0.25) is 0 Å². The van der Waals surface area contributed by atoms with E-state index in [0.29, 0.717) is 20.2 Å². The Morgan fingerprint density at radius 1 is 0.690 bits per heavy atom. The van der Waals surface area contributed by atoms with Crippen molar-refractivity contribution in [2.24, 2.45) is 0 Å². The molecule has 1 aliphatic carbocycles. The number of hydrogen-bond donors (Lipinski definition) is 0. The maximum atomic E-state index is 13.6. The van der Waals surface area contributed by atoms with Crippen LogP contribution < -0.4 is 0 Å². The van der Waals surface area contributed by atoms with Crippen molar-refractivity contribution in [3.8, 4) is 0 Å². The minimum atomic E-state index is -4.39. The van der Waals surface area contributed by atoms with Crippen molar-refractivity contribution in [2.45, 2.75) is 16.2 Å². The highest BCUT2D eigenvalue weighted by Gasteiger charge is 2.40. The predicted molar refractivity (Wildman–Crippen MR) is 115 cm³/mol. The van der Waals surface area contributed by atoms with Gasteiger partial charge in [0.1, 0.15) is 0 Å². The van der Waals surface area contributed by atoms with Crippen molar-refractivity contribution in [1.82, 2.24) is 3.71 Å². The van der Waals surface area contributed by atoms with Gasteiger partial charge in [-0.05, 0) is 42.3 Å². The number of fused-ring (bicyclic) bond motifs is 1. The van der Waals surface area contributed by atoms with Gasteiger partial charge < -0.3 is 0 Å². The van der Waals surface area contributed by atoms with Gasteiger partial charge in [0.2, 0.25) is 0 Å². The summed E-state index contributed by atoms with van der Waals surface area (Å²) in [6.07, 6.45) is 2.08. The van der Waals surface area contributed by atoms with E-state index in [9.17, 15) is 16.8 Å². The summed E-state index contributed by atoms with van der Waals surface area (Å²) < 4.78 is 55.4. The second kappa shape index (κ2) is 7.44. The van der Waals surface area contributed by atoms with Gasteiger partial charge in [-0.1, -0.05) is 70.5 Å². The van der Waals surface area contributed by atoms with Crippen molar-refractivity contribution < 1.29 is 16.8 Å². The molecule has 29 heavy (non-hydrogen) atoms. The molecule has 5 nitrogen and oxygen atoms in total. The SMILES string of the molecule is O=S(=O)(c1ccccc1)N(C1=CCc2cccc(Br)c21)S(=O)(=O)c1ccccc1. The first kappa shape index (κ1) is 19.9. The smallest absolute Gasteiger partial charge is 0.200 e. The van der Waals surface area contributed by atoms with E-state index in [1.807, 2.05) is 12.1 Å². The van der Waals surface area contributed by atoms with Gasteiger partial charge >= 0.3 is 0 Å². The molecule has 148 valence electrons. The molecule has 3 aromatic rings. The third-order valence-corrected chi connectivity index (χ3v) is 9.43. The molecule has 4 rings (SSSR count). The second-order valence-corrected chi connectivity index (χ2v) is 11.1. The Hall–Kier alpha value is -2.42. The van der Waals surface area contributed by atoms with Gasteiger partial charge in [0.15, 0.2) is 0 Å². The highest BCUT2D eigenvalue weighted by Crippen LogP contribution is 2.41. The summed E-state index contributed by atoms with van der Waals surface area (Å²) in [5.74, 6) is 0. The van der Waals surface area contributed by atoms with Crippen molar-refractivity contribution in [3.63, 3.8) is 0 Å². The van der Waals surface area contributed by atoms with Gasteiger partial charge in [0.25, 0.3) is 20.0 Å². The number of hydrogen-bond acceptors (Lipinski definition) is 4. The lowest BCUT2D eigenvalue weighted by Crippen LogP contribution is -2.35. The summed E-state index contributed by atoms with van der Waals surface area (Å²) in [6.45, 7) is 0. The minimum absolute atomic E-state index is 0.0964. The number of rotatable bonds is 5. The van der Waals surface area contributed by atoms with Gasteiger partial charge in [-0.3, -0.25) is 0 Å². The third kappa shape index (κ3) is 3.41. The Morgan fingerprint density at radius 2 is 1.21 bits per heavy atom. The highest BCUT2D eigenvalue weighted by molar-refractivity contribution is 9.10. The summed E-state index contributed by atoms with van der Waals surface area (Å²) in [5, 5.41) is 0. The maximum Gasteiger partial charge on any atom is 0.277 e. The number of nitrogens with zero attached hydrogens (tertiary/aromatic N) is 1. The van der Waals surface area contributed by atoms with Crippen molar-refractivity contribution in [1.29, 1.82) is 0 Å². The first-order valence-corrected chi connectivity index (χ1v) is 12.4. The first-order chi connectivity index (χ1) is 13.8. The van der Waals surface area contributed by atoms with Gasteiger partial charge in [0.05, 0.1) is 15.5 Å². The van der Waals surface area contributed by atoms with Gasteiger partial charge in [-0.15, -0.1) is 0 Å². The molecule has 0 radical (unpaired) electrons. The Kier molecular flexibility index (Phi) is 5.10. The Bertz CT molecular complexity index is 1230. The summed E-state index contributed by atoms with van der Waals surface area (Å²) in [6, 6.07) is 20.6. The van der Waals surface area contributed by atoms with E-state index in [0.717, 1.165) is 5.56 Å². The van der Waals surface area contributed by atoms with E-state index in [1.165, 1.54) is 24.3 Å². The monoisotopic (exact) mass is 489 g/mol. The topological polar surface area (TPSA) is 71.5 Å². The molecule has 3 aromatic carbocycles. The molecule has 0 aromatic heterocycles. The number of sulfonamides is 2. The molecular formula is C21H16BrNO4S2. The summed E-state index contributed by atoms with van der Waals surface area (Å²) in [5.41, 5.74) is 1.54. The number of allylic oxidation sites excluding steroid dienone is 1. The van der Waals surface area contributed by atoms with Crippen LogP contribution in [-0.2, 0) is 26.5 Å². The van der Waals surface area contributed by atoms with Crippen LogP contribution in [0.1, 0.15) is 11.1 Å². The molecule has 0 aliphatic heterocycles. The lowest BCUT2D eigenvalue weighted by molar-refractivity contribution is 0.541. The van der Waals surface area contributed by atoms with Gasteiger partial charge in [0, 0.05) is 10.0 Å². The van der Waals surface area contributed by atoms with Crippen LogP contribution in [0.4, 0.5) is 0 Å². The molecule has 0 amide bonds. The molecule has 0 heterocycles. The zero-order valence-corrected chi connectivity index (χ0v) is 18.3. The molecule has 0 atom stereocenters. The molecule has 0 spiro atoms.